The molecule has 8 rings (SSSR count). The molecule has 2 bridgehead atoms. The fraction of sp³-hybridized carbons (Fsp3) is 0.485. The Bertz CT molecular complexity index is 1750. The van der Waals surface area contributed by atoms with E-state index in [2.05, 4.69) is 19.8 Å². The monoisotopic (exact) mass is 607 g/mol. The minimum atomic E-state index is -2.62. The zero-order valence-electron chi connectivity index (χ0n) is 24.1. The number of pyridine rings is 1. The summed E-state index contributed by atoms with van der Waals surface area (Å²) in [5.74, 6) is 0.239. The average Bonchev–Trinajstić information content (AvgIpc) is 3.63. The first kappa shape index (κ1) is 27.9. The molecule has 3 saturated heterocycles. The minimum absolute atomic E-state index is 0.0186. The van der Waals surface area contributed by atoms with Crippen LogP contribution in [-0.4, -0.2) is 75.6 Å². The van der Waals surface area contributed by atoms with Crippen LogP contribution in [0.1, 0.15) is 44.1 Å². The van der Waals surface area contributed by atoms with E-state index in [0.29, 0.717) is 59.5 Å². The summed E-state index contributed by atoms with van der Waals surface area (Å²) in [6.07, 6.45) is 1.49. The highest BCUT2D eigenvalue weighted by atomic mass is 19.3. The summed E-state index contributed by atoms with van der Waals surface area (Å²) in [6, 6.07) is 9.46. The van der Waals surface area contributed by atoms with Gasteiger partial charge in [0, 0.05) is 49.3 Å². The van der Waals surface area contributed by atoms with E-state index in [1.807, 2.05) is 0 Å². The normalized spacial score (nSPS) is 28.5. The molecule has 230 valence electrons. The Kier molecular flexibility index (Phi) is 6.68. The van der Waals surface area contributed by atoms with E-state index >= 15 is 4.39 Å². The van der Waals surface area contributed by atoms with Gasteiger partial charge in [-0.2, -0.15) is 9.97 Å². The third-order valence-corrected chi connectivity index (χ3v) is 10.3. The topological polar surface area (TPSA) is 74.6 Å². The van der Waals surface area contributed by atoms with E-state index in [9.17, 15) is 18.3 Å². The number of aliphatic hydroxyl groups is 1. The first-order valence-corrected chi connectivity index (χ1v) is 15.4. The number of ether oxygens (including phenoxy) is 1. The van der Waals surface area contributed by atoms with Crippen LogP contribution in [0, 0.1) is 17.7 Å². The highest BCUT2D eigenvalue weighted by Gasteiger charge is 2.49. The second-order valence-electron chi connectivity index (χ2n) is 13.0. The first-order valence-electron chi connectivity index (χ1n) is 15.4. The van der Waals surface area contributed by atoms with Gasteiger partial charge in [0.2, 0.25) is 0 Å². The van der Waals surface area contributed by atoms with Gasteiger partial charge in [0.05, 0.1) is 17.0 Å². The molecule has 44 heavy (non-hydrogen) atoms. The molecular weight excluding hydrogens is 574 g/mol. The van der Waals surface area contributed by atoms with Gasteiger partial charge >= 0.3 is 6.01 Å². The van der Waals surface area contributed by atoms with E-state index in [1.165, 1.54) is 12.1 Å². The van der Waals surface area contributed by atoms with Gasteiger partial charge < -0.3 is 14.7 Å². The maximum atomic E-state index is 16.6. The van der Waals surface area contributed by atoms with Crippen molar-refractivity contribution >= 4 is 27.5 Å². The van der Waals surface area contributed by atoms with Crippen molar-refractivity contribution in [2.75, 3.05) is 37.7 Å². The molecule has 7 nitrogen and oxygen atoms in total. The first-order chi connectivity index (χ1) is 21.3. The maximum Gasteiger partial charge on any atom is 0.319 e. The fourth-order valence-electron chi connectivity index (χ4n) is 8.21. The van der Waals surface area contributed by atoms with Crippen LogP contribution < -0.4 is 9.64 Å². The molecule has 1 N–H and O–H groups in total. The molecular formula is C33H33F4N5O2. The number of aliphatic hydroxyl groups excluding tert-OH is 1. The Morgan fingerprint density at radius 3 is 2.80 bits per heavy atom. The number of fused-ring (bicyclic) bond motifs is 5. The Morgan fingerprint density at radius 1 is 1.07 bits per heavy atom. The highest BCUT2D eigenvalue weighted by Crippen LogP contribution is 2.43. The van der Waals surface area contributed by atoms with E-state index in [4.69, 9.17) is 9.72 Å². The summed E-state index contributed by atoms with van der Waals surface area (Å²) in [5, 5.41) is 12.1. The van der Waals surface area contributed by atoms with Crippen LogP contribution in [0.2, 0.25) is 0 Å². The number of alkyl halides is 3. The summed E-state index contributed by atoms with van der Waals surface area (Å²) in [5.41, 5.74) is 0.0289. The quantitative estimate of drug-likeness (QED) is 0.266. The van der Waals surface area contributed by atoms with Crippen molar-refractivity contribution in [1.82, 2.24) is 19.9 Å². The van der Waals surface area contributed by atoms with E-state index in [-0.39, 0.29) is 41.4 Å². The summed E-state index contributed by atoms with van der Waals surface area (Å²) < 4.78 is 64.0. The van der Waals surface area contributed by atoms with Crippen LogP contribution >= 0.6 is 0 Å². The zero-order valence-corrected chi connectivity index (χ0v) is 24.1. The number of aromatic nitrogens is 3. The van der Waals surface area contributed by atoms with Crippen molar-refractivity contribution in [1.29, 1.82) is 0 Å². The van der Waals surface area contributed by atoms with E-state index < -0.39 is 24.0 Å². The van der Waals surface area contributed by atoms with Gasteiger partial charge in [-0.15, -0.1) is 0 Å². The Balaban J connectivity index is 1.23. The number of benzene rings is 2. The number of anilines is 1. The predicted molar refractivity (Wildman–Crippen MR) is 158 cm³/mol. The summed E-state index contributed by atoms with van der Waals surface area (Å²) in [4.78, 5) is 18.1. The van der Waals surface area contributed by atoms with Gasteiger partial charge in [-0.1, -0.05) is 30.3 Å². The van der Waals surface area contributed by atoms with Gasteiger partial charge in [-0.25, -0.2) is 17.6 Å². The van der Waals surface area contributed by atoms with Crippen molar-refractivity contribution in [2.24, 2.45) is 11.8 Å². The molecule has 2 aromatic heterocycles. The third-order valence-electron chi connectivity index (χ3n) is 10.3. The molecule has 0 spiro atoms. The molecule has 5 heterocycles. The molecule has 4 aliphatic rings. The van der Waals surface area contributed by atoms with Crippen molar-refractivity contribution in [2.45, 2.75) is 56.3 Å². The standard InChI is InChI=1S/C33H33F4N5O2/c34-22-12-33(7-2-8-42(33)16-22)17-44-32-39-29-25(31(40-32)41-14-18-9-21(15-41)26(43)10-18)13-38-28(27(29)35)24-4-1-3-19-11-20(30(36)37)5-6-23(19)24/h1,3-6,11,13,18,21-22,26,30,43H,2,7-10,12,14-17H2/t18-,21-,22-,26-,33+/m1/s1. The van der Waals surface area contributed by atoms with Crippen LogP contribution in [0.25, 0.3) is 32.9 Å². The number of piperidine rings is 1. The lowest BCUT2D eigenvalue weighted by Crippen LogP contribution is -2.43. The van der Waals surface area contributed by atoms with Gasteiger partial charge in [0.15, 0.2) is 5.82 Å². The summed E-state index contributed by atoms with van der Waals surface area (Å²) >= 11 is 0. The van der Waals surface area contributed by atoms with Gasteiger partial charge in [-0.05, 0) is 55.0 Å². The third kappa shape index (κ3) is 4.58. The zero-order chi connectivity index (χ0) is 30.2. The summed E-state index contributed by atoms with van der Waals surface area (Å²) in [7, 11) is 0. The summed E-state index contributed by atoms with van der Waals surface area (Å²) in [6.45, 7) is 2.65. The van der Waals surface area contributed by atoms with Crippen molar-refractivity contribution < 1.29 is 27.4 Å². The Hall–Kier alpha value is -3.57. The van der Waals surface area contributed by atoms with E-state index in [0.717, 1.165) is 32.2 Å². The van der Waals surface area contributed by atoms with Crippen LogP contribution in [0.4, 0.5) is 23.4 Å². The lowest BCUT2D eigenvalue weighted by Gasteiger charge is -2.34. The van der Waals surface area contributed by atoms with Crippen molar-refractivity contribution in [3.8, 4) is 17.3 Å². The van der Waals surface area contributed by atoms with Gasteiger partial charge in [0.25, 0.3) is 6.43 Å². The molecule has 2 aromatic carbocycles. The van der Waals surface area contributed by atoms with Gasteiger partial charge in [-0.3, -0.25) is 9.88 Å². The predicted octanol–water partition coefficient (Wildman–Crippen LogP) is 6.08. The molecule has 0 radical (unpaired) electrons. The Morgan fingerprint density at radius 2 is 1.95 bits per heavy atom. The molecule has 0 unspecified atom stereocenters. The second-order valence-corrected chi connectivity index (χ2v) is 13.0. The number of rotatable bonds is 6. The Labute approximate surface area is 251 Å². The molecule has 3 aliphatic heterocycles. The minimum Gasteiger partial charge on any atom is -0.461 e. The SMILES string of the molecule is O[C@@H]1C[C@H]2C[C@@H]1CN(c1nc(OC[C@@]34CCCN3C[C@H](F)C4)nc3c(F)c(-c4cccc5cc(C(F)F)ccc45)ncc13)C2. The number of hydrogen-bond donors (Lipinski definition) is 1. The molecule has 4 aromatic rings. The molecule has 1 saturated carbocycles. The van der Waals surface area contributed by atoms with Gasteiger partial charge in [0.1, 0.15) is 29.8 Å². The number of nitrogens with zero attached hydrogens (tertiary/aromatic N) is 5. The van der Waals surface area contributed by atoms with Crippen LogP contribution in [0.15, 0.2) is 42.6 Å². The lowest BCUT2D eigenvalue weighted by molar-refractivity contribution is 0.107. The second kappa shape index (κ2) is 10.5. The fourth-order valence-corrected chi connectivity index (χ4v) is 8.21. The molecule has 4 fully saturated rings. The maximum absolute atomic E-state index is 16.6. The average molecular weight is 608 g/mol. The molecule has 0 amide bonds. The molecule has 5 atom stereocenters. The smallest absolute Gasteiger partial charge is 0.319 e. The number of halogens is 4. The molecule has 1 aliphatic carbocycles. The number of hydrogen-bond acceptors (Lipinski definition) is 7. The largest absolute Gasteiger partial charge is 0.461 e. The van der Waals surface area contributed by atoms with Crippen LogP contribution in [-0.2, 0) is 0 Å². The molecule has 11 heteroatoms. The van der Waals surface area contributed by atoms with E-state index in [1.54, 1.807) is 30.5 Å². The highest BCUT2D eigenvalue weighted by molar-refractivity contribution is 5.99. The lowest BCUT2D eigenvalue weighted by atomic mass is 9.95. The van der Waals surface area contributed by atoms with Crippen LogP contribution in [0.5, 0.6) is 6.01 Å². The van der Waals surface area contributed by atoms with Crippen LogP contribution in [0.3, 0.4) is 0 Å². The van der Waals surface area contributed by atoms with Crippen molar-refractivity contribution in [3.05, 3.63) is 54.0 Å². The van der Waals surface area contributed by atoms with Crippen molar-refractivity contribution in [3.63, 3.8) is 0 Å².